The number of anilines is 2. The molecule has 9 rings (SSSR count). The van der Waals surface area contributed by atoms with E-state index in [0.29, 0.717) is 42.0 Å². The summed E-state index contributed by atoms with van der Waals surface area (Å²) in [7, 11) is 0. The predicted octanol–water partition coefficient (Wildman–Crippen LogP) is 6.30. The fraction of sp³-hybridized carbons (Fsp3) is 0.413. The second-order valence-electron chi connectivity index (χ2n) is 16.5. The van der Waals surface area contributed by atoms with Gasteiger partial charge in [-0.1, -0.05) is 55.5 Å². The summed E-state index contributed by atoms with van der Waals surface area (Å²) in [6.07, 6.45) is 3.99. The molecule has 5 aliphatic rings. The van der Waals surface area contributed by atoms with E-state index in [1.165, 1.54) is 40.8 Å². The first kappa shape index (κ1) is 35.5. The van der Waals surface area contributed by atoms with Crippen molar-refractivity contribution in [2.45, 2.75) is 63.5 Å². The normalized spacial score (nSPS) is 24.8. The lowest BCUT2D eigenvalue weighted by Gasteiger charge is -2.40. The molecule has 3 saturated heterocycles. The van der Waals surface area contributed by atoms with E-state index in [1.807, 2.05) is 24.3 Å². The van der Waals surface area contributed by atoms with E-state index < -0.39 is 6.04 Å². The molecule has 4 aliphatic heterocycles. The van der Waals surface area contributed by atoms with Crippen molar-refractivity contribution >= 4 is 29.1 Å². The number of phenolic OH excluding ortho intramolecular Hbond substituents is 1. The monoisotopic (exact) mass is 737 g/mol. The Morgan fingerprint density at radius 3 is 2.20 bits per heavy atom. The molecule has 55 heavy (non-hydrogen) atoms. The number of piperidine rings is 2. The smallest absolute Gasteiger partial charge is 0.255 e. The number of hydrogen-bond donors (Lipinski definition) is 2. The van der Waals surface area contributed by atoms with Crippen LogP contribution >= 0.6 is 0 Å². The predicted molar refractivity (Wildman–Crippen MR) is 215 cm³/mol. The lowest BCUT2D eigenvalue weighted by atomic mass is 9.64. The first-order chi connectivity index (χ1) is 26.8. The molecule has 2 N–H and O–H groups in total. The van der Waals surface area contributed by atoms with Crippen LogP contribution in [-0.4, -0.2) is 84.5 Å². The highest BCUT2D eigenvalue weighted by Crippen LogP contribution is 2.49. The highest BCUT2D eigenvalue weighted by Gasteiger charge is 2.40. The van der Waals surface area contributed by atoms with Crippen LogP contribution in [-0.2, 0) is 22.6 Å². The summed E-state index contributed by atoms with van der Waals surface area (Å²) in [6, 6.07) is 31.8. The van der Waals surface area contributed by atoms with Gasteiger partial charge in [-0.3, -0.25) is 24.6 Å². The number of benzene rings is 4. The van der Waals surface area contributed by atoms with E-state index in [0.717, 1.165) is 63.5 Å². The van der Waals surface area contributed by atoms with Crippen LogP contribution < -0.4 is 15.1 Å². The second-order valence-corrected chi connectivity index (χ2v) is 16.5. The highest BCUT2D eigenvalue weighted by atomic mass is 16.3. The van der Waals surface area contributed by atoms with Gasteiger partial charge < -0.3 is 19.8 Å². The number of imide groups is 1. The highest BCUT2D eigenvalue weighted by molar-refractivity contribution is 6.05. The SMILES string of the molecule is C[C@@H]1Cc2cc(O)ccc2[C@@H](c2ccc(N3CCC(CN4CCN(c5ccc6c(c5)CN([C@H]5CCC(=O)NC5=O)C6=O)CC4)CC3)cc2)[C@H]1c1ccccc1. The average molecular weight is 738 g/mol. The Kier molecular flexibility index (Phi) is 9.58. The van der Waals surface area contributed by atoms with E-state index in [1.54, 1.807) is 4.90 Å². The van der Waals surface area contributed by atoms with Gasteiger partial charge in [-0.25, -0.2) is 0 Å². The summed E-state index contributed by atoms with van der Waals surface area (Å²) in [6.45, 7) is 9.99. The number of amides is 3. The molecular weight excluding hydrogens is 687 g/mol. The second kappa shape index (κ2) is 14.8. The summed E-state index contributed by atoms with van der Waals surface area (Å²) in [4.78, 5) is 46.5. The first-order valence-corrected chi connectivity index (χ1v) is 20.3. The number of phenols is 1. The summed E-state index contributed by atoms with van der Waals surface area (Å²) >= 11 is 0. The van der Waals surface area contributed by atoms with Crippen molar-refractivity contribution in [1.29, 1.82) is 0 Å². The maximum atomic E-state index is 13.2. The maximum absolute atomic E-state index is 13.2. The van der Waals surface area contributed by atoms with Gasteiger partial charge in [0, 0.05) is 81.6 Å². The summed E-state index contributed by atoms with van der Waals surface area (Å²) in [5.74, 6) is 1.35. The zero-order valence-electron chi connectivity index (χ0n) is 31.7. The number of aromatic hydroxyl groups is 1. The van der Waals surface area contributed by atoms with Crippen LogP contribution in [0.2, 0.25) is 0 Å². The fourth-order valence-corrected chi connectivity index (χ4v) is 10.2. The number of rotatable bonds is 7. The van der Waals surface area contributed by atoms with Crippen LogP contribution in [0.15, 0.2) is 91.0 Å². The topological polar surface area (TPSA) is 96.4 Å². The number of nitrogens with one attached hydrogen (secondary N) is 1. The molecule has 3 amide bonds. The molecule has 1 aliphatic carbocycles. The molecule has 4 aromatic rings. The van der Waals surface area contributed by atoms with Crippen LogP contribution in [0.1, 0.15) is 82.6 Å². The van der Waals surface area contributed by atoms with Gasteiger partial charge in [-0.05, 0) is 114 Å². The standard InChI is InChI=1S/C46H51N5O4/c1-30-25-34-27-38(52)12-14-39(34)44(43(30)32-5-3-2-4-6-32)33-7-9-36(10-8-33)49-19-17-31(18-20-49)28-48-21-23-50(24-22-48)37-11-13-40-35(26-37)29-51(46(40)55)41-15-16-42(53)47-45(41)54/h2-14,26-27,30-31,41,43-44,52H,15-25,28-29H2,1H3,(H,47,53,54)/t30-,41+,43-,44-/m1/s1. The van der Waals surface area contributed by atoms with E-state index >= 15 is 0 Å². The molecule has 0 bridgehead atoms. The van der Waals surface area contributed by atoms with Crippen molar-refractivity contribution < 1.29 is 19.5 Å². The number of fused-ring (bicyclic) bond motifs is 2. The number of carbonyl (C=O) groups excluding carboxylic acids is 3. The Bertz CT molecular complexity index is 2070. The quantitative estimate of drug-likeness (QED) is 0.215. The first-order valence-electron chi connectivity index (χ1n) is 20.3. The number of hydrogen-bond acceptors (Lipinski definition) is 7. The maximum Gasteiger partial charge on any atom is 0.255 e. The Balaban J connectivity index is 0.788. The van der Waals surface area contributed by atoms with Gasteiger partial charge in [0.1, 0.15) is 11.8 Å². The lowest BCUT2D eigenvalue weighted by Crippen LogP contribution is -2.52. The van der Waals surface area contributed by atoms with Crippen molar-refractivity contribution in [2.24, 2.45) is 11.8 Å². The third kappa shape index (κ3) is 6.99. The fourth-order valence-electron chi connectivity index (χ4n) is 10.2. The van der Waals surface area contributed by atoms with Crippen molar-refractivity contribution in [3.8, 4) is 5.75 Å². The van der Waals surface area contributed by atoms with E-state index in [4.69, 9.17) is 0 Å². The molecule has 0 spiro atoms. The molecule has 0 aromatic heterocycles. The van der Waals surface area contributed by atoms with Crippen LogP contribution in [0, 0.1) is 11.8 Å². The van der Waals surface area contributed by atoms with Gasteiger partial charge in [-0.15, -0.1) is 0 Å². The zero-order valence-corrected chi connectivity index (χ0v) is 31.7. The third-order valence-electron chi connectivity index (χ3n) is 13.2. The lowest BCUT2D eigenvalue weighted by molar-refractivity contribution is -0.136. The van der Waals surface area contributed by atoms with E-state index in [2.05, 4.69) is 93.7 Å². The largest absolute Gasteiger partial charge is 0.508 e. The Hall–Kier alpha value is -5.15. The van der Waals surface area contributed by atoms with Gasteiger partial charge >= 0.3 is 0 Å². The molecule has 284 valence electrons. The van der Waals surface area contributed by atoms with Crippen molar-refractivity contribution in [1.82, 2.24) is 15.1 Å². The number of piperazine rings is 1. The molecular formula is C46H51N5O4. The molecule has 0 unspecified atom stereocenters. The molecule has 3 fully saturated rings. The third-order valence-corrected chi connectivity index (χ3v) is 13.2. The summed E-state index contributed by atoms with van der Waals surface area (Å²) in [5.41, 5.74) is 9.38. The molecule has 9 nitrogen and oxygen atoms in total. The molecule has 4 atom stereocenters. The van der Waals surface area contributed by atoms with Gasteiger partial charge in [0.2, 0.25) is 11.8 Å². The van der Waals surface area contributed by atoms with Gasteiger partial charge in [0.05, 0.1) is 0 Å². The van der Waals surface area contributed by atoms with Crippen molar-refractivity contribution in [3.05, 3.63) is 124 Å². The van der Waals surface area contributed by atoms with E-state index in [-0.39, 0.29) is 30.1 Å². The van der Waals surface area contributed by atoms with Crippen LogP contribution in [0.3, 0.4) is 0 Å². The summed E-state index contributed by atoms with van der Waals surface area (Å²) < 4.78 is 0. The van der Waals surface area contributed by atoms with Crippen LogP contribution in [0.4, 0.5) is 11.4 Å². The van der Waals surface area contributed by atoms with Crippen molar-refractivity contribution in [2.75, 3.05) is 55.6 Å². The van der Waals surface area contributed by atoms with Gasteiger partial charge in [-0.2, -0.15) is 0 Å². The van der Waals surface area contributed by atoms with Crippen LogP contribution in [0.5, 0.6) is 5.75 Å². The minimum atomic E-state index is -0.586. The number of nitrogens with zero attached hydrogens (tertiary/aromatic N) is 4. The number of carbonyl (C=O) groups is 3. The molecule has 0 radical (unpaired) electrons. The summed E-state index contributed by atoms with van der Waals surface area (Å²) in [5, 5.41) is 12.7. The molecule has 0 saturated carbocycles. The Morgan fingerprint density at radius 2 is 1.45 bits per heavy atom. The Morgan fingerprint density at radius 1 is 0.727 bits per heavy atom. The minimum absolute atomic E-state index is 0.122. The van der Waals surface area contributed by atoms with Gasteiger partial charge in [0.15, 0.2) is 0 Å². The minimum Gasteiger partial charge on any atom is -0.508 e. The molecule has 4 heterocycles. The average Bonchev–Trinajstić information content (AvgIpc) is 3.53. The zero-order chi connectivity index (χ0) is 37.6. The van der Waals surface area contributed by atoms with Gasteiger partial charge in [0.25, 0.3) is 5.91 Å². The Labute approximate surface area is 323 Å². The molecule has 4 aromatic carbocycles. The molecule has 9 heteroatoms. The van der Waals surface area contributed by atoms with Crippen LogP contribution in [0.25, 0.3) is 0 Å². The van der Waals surface area contributed by atoms with Crippen molar-refractivity contribution in [3.63, 3.8) is 0 Å². The van der Waals surface area contributed by atoms with E-state index in [9.17, 15) is 19.5 Å².